The Labute approximate surface area is 167 Å². The molecule has 4 rings (SSSR count). The molecular weight excluding hydrogens is 373 g/mol. The number of amides is 1. The summed E-state index contributed by atoms with van der Waals surface area (Å²) in [5.74, 6) is 0.285. The van der Waals surface area contributed by atoms with Crippen molar-refractivity contribution in [3.05, 3.63) is 75.8 Å². The van der Waals surface area contributed by atoms with Crippen molar-refractivity contribution in [3.63, 3.8) is 0 Å². The Morgan fingerprint density at radius 3 is 2.48 bits per heavy atom. The van der Waals surface area contributed by atoms with E-state index in [1.807, 2.05) is 24.3 Å². The number of pyridine rings is 1. The highest BCUT2D eigenvalue weighted by Gasteiger charge is 2.22. The molecule has 1 aliphatic heterocycles. The quantitative estimate of drug-likeness (QED) is 0.738. The Morgan fingerprint density at radius 1 is 1.07 bits per heavy atom. The second kappa shape index (κ2) is 8.05. The molecule has 29 heavy (non-hydrogen) atoms. The zero-order valence-electron chi connectivity index (χ0n) is 16.2. The molecule has 1 saturated heterocycles. The first-order valence-electron chi connectivity index (χ1n) is 9.50. The van der Waals surface area contributed by atoms with Gasteiger partial charge in [0.1, 0.15) is 11.6 Å². The molecule has 0 bridgehead atoms. The molecule has 6 nitrogen and oxygen atoms in total. The third-order valence-electron chi connectivity index (χ3n) is 5.27. The van der Waals surface area contributed by atoms with Crippen molar-refractivity contribution in [2.45, 2.75) is 6.54 Å². The number of carbonyl (C=O) groups excluding carboxylic acids is 1. The van der Waals surface area contributed by atoms with E-state index in [9.17, 15) is 14.0 Å². The van der Waals surface area contributed by atoms with Crippen LogP contribution in [0.15, 0.2) is 53.3 Å². The maximum atomic E-state index is 13.1. The van der Waals surface area contributed by atoms with E-state index in [4.69, 9.17) is 4.74 Å². The number of piperazine rings is 1. The highest BCUT2D eigenvalue weighted by Crippen LogP contribution is 2.19. The molecule has 0 atom stereocenters. The molecule has 0 radical (unpaired) electrons. The predicted molar refractivity (Wildman–Crippen MR) is 109 cm³/mol. The maximum absolute atomic E-state index is 13.1. The van der Waals surface area contributed by atoms with Crippen molar-refractivity contribution < 1.29 is 13.9 Å². The van der Waals surface area contributed by atoms with E-state index in [1.54, 1.807) is 12.0 Å². The number of H-pyrrole nitrogens is 1. The number of aromatic amines is 1. The van der Waals surface area contributed by atoms with Gasteiger partial charge in [0.15, 0.2) is 0 Å². The number of hydrogen-bond acceptors (Lipinski definition) is 4. The number of ether oxygens (including phenoxy) is 1. The monoisotopic (exact) mass is 395 g/mol. The number of rotatable bonds is 4. The van der Waals surface area contributed by atoms with Gasteiger partial charge in [-0.2, -0.15) is 0 Å². The Bertz CT molecular complexity index is 1090. The first kappa shape index (κ1) is 19.1. The summed E-state index contributed by atoms with van der Waals surface area (Å²) in [4.78, 5) is 31.8. The van der Waals surface area contributed by atoms with Crippen LogP contribution in [0.2, 0.25) is 0 Å². The molecule has 1 aromatic heterocycles. The molecule has 1 aliphatic rings. The van der Waals surface area contributed by atoms with Crippen molar-refractivity contribution in [1.29, 1.82) is 0 Å². The molecule has 7 heteroatoms. The molecule has 0 saturated carbocycles. The Hall–Kier alpha value is -3.19. The van der Waals surface area contributed by atoms with Gasteiger partial charge in [-0.1, -0.05) is 0 Å². The van der Waals surface area contributed by atoms with Gasteiger partial charge in [0.05, 0.1) is 7.11 Å². The normalized spacial score (nSPS) is 14.9. The fourth-order valence-electron chi connectivity index (χ4n) is 3.60. The average Bonchev–Trinajstić information content (AvgIpc) is 2.74. The zero-order valence-corrected chi connectivity index (χ0v) is 16.2. The maximum Gasteiger partial charge on any atom is 0.253 e. The van der Waals surface area contributed by atoms with Crippen molar-refractivity contribution in [1.82, 2.24) is 14.8 Å². The van der Waals surface area contributed by atoms with E-state index in [1.165, 1.54) is 24.3 Å². The van der Waals surface area contributed by atoms with Gasteiger partial charge in [-0.3, -0.25) is 14.5 Å². The number of aromatic nitrogens is 1. The lowest BCUT2D eigenvalue weighted by Crippen LogP contribution is -2.48. The summed E-state index contributed by atoms with van der Waals surface area (Å²) in [6.07, 6.45) is 0. The summed E-state index contributed by atoms with van der Waals surface area (Å²) >= 11 is 0. The lowest BCUT2D eigenvalue weighted by Gasteiger charge is -2.34. The van der Waals surface area contributed by atoms with E-state index in [0.717, 1.165) is 16.7 Å². The number of methoxy groups -OCH3 is 1. The Kier molecular flexibility index (Phi) is 5.31. The van der Waals surface area contributed by atoms with Crippen molar-refractivity contribution in [2.24, 2.45) is 0 Å². The summed E-state index contributed by atoms with van der Waals surface area (Å²) in [5.41, 5.74) is 1.84. The van der Waals surface area contributed by atoms with Gasteiger partial charge in [0, 0.05) is 54.8 Å². The highest BCUT2D eigenvalue weighted by molar-refractivity contribution is 5.94. The fraction of sp³-hybridized carbons (Fsp3) is 0.273. The number of halogens is 1. The Balaban J connectivity index is 1.43. The lowest BCUT2D eigenvalue weighted by atomic mass is 10.1. The van der Waals surface area contributed by atoms with Crippen LogP contribution in [0.1, 0.15) is 15.9 Å². The number of nitrogens with zero attached hydrogens (tertiary/aromatic N) is 2. The third-order valence-corrected chi connectivity index (χ3v) is 5.27. The van der Waals surface area contributed by atoms with E-state index in [-0.39, 0.29) is 17.3 Å². The highest BCUT2D eigenvalue weighted by atomic mass is 19.1. The Morgan fingerprint density at radius 2 is 1.79 bits per heavy atom. The fourth-order valence-corrected chi connectivity index (χ4v) is 3.60. The summed E-state index contributed by atoms with van der Waals surface area (Å²) in [6, 6.07) is 13.0. The van der Waals surface area contributed by atoms with Crippen LogP contribution in [0.5, 0.6) is 5.75 Å². The molecule has 1 amide bonds. The number of fused-ring (bicyclic) bond motifs is 1. The number of benzene rings is 2. The first-order chi connectivity index (χ1) is 14.0. The zero-order chi connectivity index (χ0) is 20.4. The standard InChI is InChI=1S/C22H22FN3O3/c1-29-19-6-7-20-16(13-19)12-17(21(27)24-20)14-25-8-10-26(11-9-25)22(28)15-2-4-18(23)5-3-15/h2-7,12-13H,8-11,14H2,1H3,(H,24,27). The average molecular weight is 395 g/mol. The molecule has 0 aliphatic carbocycles. The van der Waals surface area contributed by atoms with Crippen LogP contribution in [-0.4, -0.2) is 54.0 Å². The summed E-state index contributed by atoms with van der Waals surface area (Å²) in [7, 11) is 1.61. The van der Waals surface area contributed by atoms with E-state index >= 15 is 0 Å². The molecule has 1 fully saturated rings. The van der Waals surface area contributed by atoms with Crippen LogP contribution in [0.3, 0.4) is 0 Å². The minimum atomic E-state index is -0.357. The van der Waals surface area contributed by atoms with E-state index < -0.39 is 0 Å². The summed E-state index contributed by atoms with van der Waals surface area (Å²) < 4.78 is 18.3. The second-order valence-corrected chi connectivity index (χ2v) is 7.15. The molecule has 150 valence electrons. The van der Waals surface area contributed by atoms with Crippen LogP contribution in [-0.2, 0) is 6.54 Å². The predicted octanol–water partition coefficient (Wildman–Crippen LogP) is 2.63. The van der Waals surface area contributed by atoms with Crippen LogP contribution in [0.25, 0.3) is 10.9 Å². The SMILES string of the molecule is COc1ccc2[nH]c(=O)c(CN3CCN(C(=O)c4ccc(F)cc4)CC3)cc2c1. The van der Waals surface area contributed by atoms with Crippen LogP contribution in [0, 0.1) is 5.82 Å². The second-order valence-electron chi connectivity index (χ2n) is 7.15. The minimum Gasteiger partial charge on any atom is -0.497 e. The van der Waals surface area contributed by atoms with Crippen molar-refractivity contribution >= 4 is 16.8 Å². The molecule has 3 aromatic rings. The number of carbonyl (C=O) groups is 1. The van der Waals surface area contributed by atoms with E-state index in [0.29, 0.717) is 43.9 Å². The minimum absolute atomic E-state index is 0.0969. The lowest BCUT2D eigenvalue weighted by molar-refractivity contribution is 0.0628. The molecule has 0 spiro atoms. The van der Waals surface area contributed by atoms with Gasteiger partial charge >= 0.3 is 0 Å². The van der Waals surface area contributed by atoms with Crippen LogP contribution in [0.4, 0.5) is 4.39 Å². The van der Waals surface area contributed by atoms with Crippen molar-refractivity contribution in [2.75, 3.05) is 33.3 Å². The summed E-state index contributed by atoms with van der Waals surface area (Å²) in [6.45, 7) is 2.98. The van der Waals surface area contributed by atoms with Gasteiger partial charge < -0.3 is 14.6 Å². The first-order valence-corrected chi connectivity index (χ1v) is 9.50. The molecule has 0 unspecified atom stereocenters. The van der Waals surface area contributed by atoms with Gasteiger partial charge in [0.2, 0.25) is 0 Å². The van der Waals surface area contributed by atoms with Crippen molar-refractivity contribution in [3.8, 4) is 5.75 Å². The largest absolute Gasteiger partial charge is 0.497 e. The van der Waals surface area contributed by atoms with Crippen LogP contribution >= 0.6 is 0 Å². The smallest absolute Gasteiger partial charge is 0.253 e. The summed E-state index contributed by atoms with van der Waals surface area (Å²) in [5, 5.41) is 0.920. The molecule has 1 N–H and O–H groups in total. The molecule has 2 aromatic carbocycles. The third kappa shape index (κ3) is 4.14. The molecular formula is C22H22FN3O3. The van der Waals surface area contributed by atoms with Crippen LogP contribution < -0.4 is 10.3 Å². The van der Waals surface area contributed by atoms with E-state index in [2.05, 4.69) is 9.88 Å². The van der Waals surface area contributed by atoms with Gasteiger partial charge in [-0.15, -0.1) is 0 Å². The van der Waals surface area contributed by atoms with Gasteiger partial charge in [-0.25, -0.2) is 4.39 Å². The molecule has 2 heterocycles. The van der Waals surface area contributed by atoms with Gasteiger partial charge in [0.25, 0.3) is 11.5 Å². The number of nitrogens with one attached hydrogen (secondary N) is 1. The topological polar surface area (TPSA) is 65.6 Å². The number of hydrogen-bond donors (Lipinski definition) is 1. The van der Waals surface area contributed by atoms with Gasteiger partial charge in [-0.05, 0) is 48.5 Å².